The fourth-order valence-corrected chi connectivity index (χ4v) is 4.35. The molecule has 0 spiro atoms. The number of carbonyl (C=O) groups is 1. The standard InChI is InChI=1S/C29H40N2O2/c1-27(2,3)21-15-20(16-22(18-21)28(4,5)6)24-12-10-11-23(30-24)19-13-14-31(26(32)33)25(17-19)29(7,8)9/h10-13,15-16,18,25H,14,17H2,1-9H3,(H,32,33). The van der Waals surface area contributed by atoms with Crippen LogP contribution in [0.4, 0.5) is 4.79 Å². The Hall–Kier alpha value is -2.62. The second-order valence-electron chi connectivity index (χ2n) is 12.5. The highest BCUT2D eigenvalue weighted by atomic mass is 16.4. The molecule has 1 aliphatic rings. The average molecular weight is 449 g/mol. The predicted molar refractivity (Wildman–Crippen MR) is 138 cm³/mol. The minimum absolute atomic E-state index is 0.0414. The maximum atomic E-state index is 11.8. The van der Waals surface area contributed by atoms with E-state index in [1.54, 1.807) is 4.90 Å². The molecule has 0 saturated heterocycles. The third kappa shape index (κ3) is 5.66. The van der Waals surface area contributed by atoms with Crippen LogP contribution in [0.5, 0.6) is 0 Å². The van der Waals surface area contributed by atoms with Gasteiger partial charge in [-0.05, 0) is 63.6 Å². The van der Waals surface area contributed by atoms with Crippen molar-refractivity contribution in [3.8, 4) is 11.3 Å². The molecule has 1 amide bonds. The lowest BCUT2D eigenvalue weighted by atomic mass is 9.79. The van der Waals surface area contributed by atoms with Gasteiger partial charge in [0, 0.05) is 18.2 Å². The van der Waals surface area contributed by atoms with Gasteiger partial charge in [0.2, 0.25) is 0 Å². The first kappa shape index (κ1) is 25.0. The SMILES string of the molecule is CC(C)(C)c1cc(-c2cccc(C3=CCN(C(=O)O)C(C(C)(C)C)C3)n2)cc(C(C)(C)C)c1. The number of hydrogen-bond acceptors (Lipinski definition) is 2. The van der Waals surface area contributed by atoms with Gasteiger partial charge < -0.3 is 10.0 Å². The molecule has 3 rings (SSSR count). The van der Waals surface area contributed by atoms with Crippen molar-refractivity contribution in [3.63, 3.8) is 0 Å². The van der Waals surface area contributed by atoms with Crippen molar-refractivity contribution in [1.29, 1.82) is 0 Å². The number of hydrogen-bond donors (Lipinski definition) is 1. The lowest BCUT2D eigenvalue weighted by Gasteiger charge is -2.41. The normalized spacial score (nSPS) is 17.7. The van der Waals surface area contributed by atoms with Gasteiger partial charge in [0.05, 0.1) is 11.4 Å². The van der Waals surface area contributed by atoms with E-state index >= 15 is 0 Å². The van der Waals surface area contributed by atoms with Gasteiger partial charge in [-0.1, -0.05) is 80.5 Å². The van der Waals surface area contributed by atoms with E-state index in [1.807, 2.05) is 12.1 Å². The maximum Gasteiger partial charge on any atom is 0.407 e. The van der Waals surface area contributed by atoms with Crippen molar-refractivity contribution in [2.45, 2.75) is 85.6 Å². The Kier molecular flexibility index (Phi) is 6.54. The van der Waals surface area contributed by atoms with E-state index < -0.39 is 6.09 Å². The summed E-state index contributed by atoms with van der Waals surface area (Å²) in [4.78, 5) is 18.4. The maximum absolute atomic E-state index is 11.8. The molecule has 0 radical (unpaired) electrons. The summed E-state index contributed by atoms with van der Waals surface area (Å²) in [5.74, 6) is 0. The first-order valence-electron chi connectivity index (χ1n) is 11.9. The van der Waals surface area contributed by atoms with E-state index in [0.29, 0.717) is 13.0 Å². The summed E-state index contributed by atoms with van der Waals surface area (Å²) >= 11 is 0. The van der Waals surface area contributed by atoms with Crippen molar-refractivity contribution < 1.29 is 9.90 Å². The molecule has 1 atom stereocenters. The third-order valence-corrected chi connectivity index (χ3v) is 6.61. The molecular weight excluding hydrogens is 408 g/mol. The molecule has 1 aromatic heterocycles. The Bertz CT molecular complexity index is 1030. The van der Waals surface area contributed by atoms with E-state index in [1.165, 1.54) is 11.1 Å². The molecule has 0 fully saturated rings. The first-order valence-corrected chi connectivity index (χ1v) is 11.9. The van der Waals surface area contributed by atoms with Crippen LogP contribution in [0, 0.1) is 5.41 Å². The van der Waals surface area contributed by atoms with E-state index in [0.717, 1.165) is 22.5 Å². The van der Waals surface area contributed by atoms with Gasteiger partial charge in [-0.15, -0.1) is 0 Å². The van der Waals surface area contributed by atoms with Crippen LogP contribution in [0.3, 0.4) is 0 Å². The molecular formula is C29H40N2O2. The van der Waals surface area contributed by atoms with E-state index in [-0.39, 0.29) is 22.3 Å². The lowest BCUT2D eigenvalue weighted by molar-refractivity contribution is 0.0883. The third-order valence-electron chi connectivity index (χ3n) is 6.61. The van der Waals surface area contributed by atoms with Crippen molar-refractivity contribution in [2.24, 2.45) is 5.41 Å². The average Bonchev–Trinajstić information content (AvgIpc) is 2.71. The topological polar surface area (TPSA) is 53.4 Å². The molecule has 178 valence electrons. The second kappa shape index (κ2) is 8.62. The van der Waals surface area contributed by atoms with Crippen molar-refractivity contribution in [2.75, 3.05) is 6.54 Å². The molecule has 0 bridgehead atoms. The summed E-state index contributed by atoms with van der Waals surface area (Å²) in [5.41, 5.74) is 6.68. The Morgan fingerprint density at radius 2 is 1.45 bits per heavy atom. The molecule has 1 aromatic carbocycles. The molecule has 0 saturated carbocycles. The van der Waals surface area contributed by atoms with Crippen molar-refractivity contribution in [3.05, 3.63) is 59.3 Å². The number of rotatable bonds is 2. The smallest absolute Gasteiger partial charge is 0.407 e. The summed E-state index contributed by atoms with van der Waals surface area (Å²) in [7, 11) is 0. The van der Waals surface area contributed by atoms with Crippen LogP contribution >= 0.6 is 0 Å². The number of pyridine rings is 1. The summed E-state index contributed by atoms with van der Waals surface area (Å²) in [6, 6.07) is 13.0. The lowest BCUT2D eigenvalue weighted by Crippen LogP contribution is -2.48. The minimum Gasteiger partial charge on any atom is -0.465 e. The van der Waals surface area contributed by atoms with Crippen LogP contribution in [-0.2, 0) is 10.8 Å². The predicted octanol–water partition coefficient (Wildman–Crippen LogP) is 7.53. The summed E-state index contributed by atoms with van der Waals surface area (Å²) in [6.07, 6.45) is 1.83. The Morgan fingerprint density at radius 1 is 0.909 bits per heavy atom. The molecule has 1 aliphatic heterocycles. The number of carboxylic acid groups (broad SMARTS) is 1. The quantitative estimate of drug-likeness (QED) is 0.517. The van der Waals surface area contributed by atoms with Gasteiger partial charge in [-0.3, -0.25) is 0 Å². The van der Waals surface area contributed by atoms with Crippen LogP contribution in [0.15, 0.2) is 42.5 Å². The van der Waals surface area contributed by atoms with Gasteiger partial charge in [-0.2, -0.15) is 0 Å². The molecule has 4 heteroatoms. The van der Waals surface area contributed by atoms with Gasteiger partial charge in [-0.25, -0.2) is 9.78 Å². The number of benzene rings is 1. The highest BCUT2D eigenvalue weighted by Crippen LogP contribution is 2.37. The molecule has 0 aliphatic carbocycles. The molecule has 2 aromatic rings. The van der Waals surface area contributed by atoms with Crippen LogP contribution < -0.4 is 0 Å². The molecule has 2 heterocycles. The Balaban J connectivity index is 2.05. The Morgan fingerprint density at radius 3 is 1.94 bits per heavy atom. The van der Waals surface area contributed by atoms with Crippen LogP contribution in [0.25, 0.3) is 16.8 Å². The summed E-state index contributed by atoms with van der Waals surface area (Å²) in [6.45, 7) is 20.2. The zero-order valence-electron chi connectivity index (χ0n) is 21.8. The van der Waals surface area contributed by atoms with Crippen molar-refractivity contribution in [1.82, 2.24) is 9.88 Å². The molecule has 1 unspecified atom stereocenters. The van der Waals surface area contributed by atoms with Crippen LogP contribution in [-0.4, -0.2) is 33.7 Å². The number of nitrogens with zero attached hydrogens (tertiary/aromatic N) is 2. The van der Waals surface area contributed by atoms with Gasteiger partial charge in [0.1, 0.15) is 0 Å². The summed E-state index contributed by atoms with van der Waals surface area (Å²) in [5, 5.41) is 9.69. The van der Waals surface area contributed by atoms with Crippen LogP contribution in [0.2, 0.25) is 0 Å². The fourth-order valence-electron chi connectivity index (χ4n) is 4.35. The molecule has 1 N–H and O–H groups in total. The zero-order chi connectivity index (χ0) is 24.8. The largest absolute Gasteiger partial charge is 0.465 e. The monoisotopic (exact) mass is 448 g/mol. The molecule has 33 heavy (non-hydrogen) atoms. The highest BCUT2D eigenvalue weighted by Gasteiger charge is 2.36. The number of amides is 1. The summed E-state index contributed by atoms with van der Waals surface area (Å²) < 4.78 is 0. The van der Waals surface area contributed by atoms with Crippen molar-refractivity contribution >= 4 is 11.7 Å². The van der Waals surface area contributed by atoms with E-state index in [2.05, 4.69) is 92.6 Å². The van der Waals surface area contributed by atoms with E-state index in [4.69, 9.17) is 4.98 Å². The molecule has 4 nitrogen and oxygen atoms in total. The highest BCUT2D eigenvalue weighted by molar-refractivity contribution is 5.72. The van der Waals surface area contributed by atoms with Crippen LogP contribution in [0.1, 0.15) is 85.6 Å². The zero-order valence-corrected chi connectivity index (χ0v) is 21.8. The number of aromatic nitrogens is 1. The Labute approximate surface area is 199 Å². The van der Waals surface area contributed by atoms with E-state index in [9.17, 15) is 9.90 Å². The first-order chi connectivity index (χ1) is 15.1. The van der Waals surface area contributed by atoms with Gasteiger partial charge >= 0.3 is 6.09 Å². The second-order valence-corrected chi connectivity index (χ2v) is 12.5. The van der Waals surface area contributed by atoms with Gasteiger partial charge in [0.25, 0.3) is 0 Å². The van der Waals surface area contributed by atoms with Gasteiger partial charge in [0.15, 0.2) is 0 Å². The minimum atomic E-state index is -0.861. The fraction of sp³-hybridized carbons (Fsp3) is 0.517.